The average Bonchev–Trinajstić information content (AvgIpc) is 2.64. The third-order valence-corrected chi connectivity index (χ3v) is 3.61. The molecule has 0 atom stereocenters. The number of hydrogen-bond acceptors (Lipinski definition) is 3. The summed E-state index contributed by atoms with van der Waals surface area (Å²) in [4.78, 5) is 10.9. The Balaban J connectivity index is 2.49. The van der Waals surface area contributed by atoms with E-state index in [1.807, 2.05) is 24.3 Å². The highest BCUT2D eigenvalue weighted by atomic mass is 127. The molecule has 0 fully saturated rings. The van der Waals surface area contributed by atoms with Crippen molar-refractivity contribution in [3.05, 3.63) is 39.2 Å². The lowest BCUT2D eigenvalue weighted by Gasteiger charge is -2.01. The predicted octanol–water partition coefficient (Wildman–Crippen LogP) is 3.68. The second-order valence-corrected chi connectivity index (χ2v) is 4.64. The Labute approximate surface area is 113 Å². The van der Waals surface area contributed by atoms with Crippen molar-refractivity contribution >= 4 is 28.9 Å². The fourth-order valence-electron chi connectivity index (χ4n) is 1.59. The molecule has 0 bridgehead atoms. The number of carbonyl (C=O) groups excluding carboxylic acids is 1. The zero-order valence-electron chi connectivity index (χ0n) is 9.49. The molecule has 0 spiro atoms. The smallest absolute Gasteiger partial charge is 0.154 e. The van der Waals surface area contributed by atoms with E-state index in [0.29, 0.717) is 11.3 Å². The summed E-state index contributed by atoms with van der Waals surface area (Å²) in [6.07, 6.45) is 0.827. The summed E-state index contributed by atoms with van der Waals surface area (Å²) in [5.41, 5.74) is 1.56. The molecular formula is C13H11IO3. The summed E-state index contributed by atoms with van der Waals surface area (Å²) in [6, 6.07) is 7.55. The fraction of sp³-hybridized carbons (Fsp3) is 0.154. The highest BCUT2D eigenvalue weighted by Crippen LogP contribution is 2.32. The van der Waals surface area contributed by atoms with Crippen LogP contribution in [-0.2, 0) is 0 Å². The van der Waals surface area contributed by atoms with Crippen LogP contribution in [-0.4, -0.2) is 13.4 Å². The molecule has 1 aromatic heterocycles. The zero-order valence-corrected chi connectivity index (χ0v) is 11.6. The lowest BCUT2D eigenvalue weighted by Crippen LogP contribution is -1.84. The van der Waals surface area contributed by atoms with Crippen LogP contribution in [0.2, 0.25) is 0 Å². The Morgan fingerprint density at radius 3 is 2.41 bits per heavy atom. The summed E-state index contributed by atoms with van der Waals surface area (Å²) < 4.78 is 11.6. The van der Waals surface area contributed by atoms with Crippen LogP contribution in [0.5, 0.6) is 5.75 Å². The van der Waals surface area contributed by atoms with Gasteiger partial charge in [-0.05, 0) is 53.8 Å². The fourth-order valence-corrected chi connectivity index (χ4v) is 2.52. The number of hydrogen-bond donors (Lipinski definition) is 0. The summed E-state index contributed by atoms with van der Waals surface area (Å²) in [5.74, 6) is 2.17. The first-order chi connectivity index (χ1) is 8.17. The molecule has 0 radical (unpaired) electrons. The lowest BCUT2D eigenvalue weighted by molar-refractivity contribution is 0.112. The molecule has 4 heteroatoms. The molecule has 1 aromatic carbocycles. The van der Waals surface area contributed by atoms with Gasteiger partial charge in [0.25, 0.3) is 0 Å². The highest BCUT2D eigenvalue weighted by molar-refractivity contribution is 14.1. The van der Waals surface area contributed by atoms with Gasteiger partial charge in [-0.2, -0.15) is 0 Å². The lowest BCUT2D eigenvalue weighted by atomic mass is 10.1. The van der Waals surface area contributed by atoms with Crippen molar-refractivity contribution in [2.24, 2.45) is 0 Å². The summed E-state index contributed by atoms with van der Waals surface area (Å²) >= 11 is 2.13. The van der Waals surface area contributed by atoms with Gasteiger partial charge < -0.3 is 9.15 Å². The van der Waals surface area contributed by atoms with Crippen molar-refractivity contribution in [3.63, 3.8) is 0 Å². The van der Waals surface area contributed by atoms with Gasteiger partial charge in [-0.3, -0.25) is 4.79 Å². The molecule has 88 valence electrons. The molecule has 0 amide bonds. The maximum atomic E-state index is 10.9. The number of carbonyl (C=O) groups is 1. The molecular weight excluding hydrogens is 331 g/mol. The van der Waals surface area contributed by atoms with E-state index in [4.69, 9.17) is 9.15 Å². The van der Waals surface area contributed by atoms with E-state index >= 15 is 0 Å². The highest BCUT2D eigenvalue weighted by Gasteiger charge is 2.16. The van der Waals surface area contributed by atoms with Crippen molar-refractivity contribution in [1.29, 1.82) is 0 Å². The first-order valence-corrected chi connectivity index (χ1v) is 6.13. The molecule has 0 aliphatic heterocycles. The average molecular weight is 342 g/mol. The van der Waals surface area contributed by atoms with Gasteiger partial charge in [-0.1, -0.05) is 0 Å². The van der Waals surface area contributed by atoms with Crippen molar-refractivity contribution in [2.75, 3.05) is 7.11 Å². The van der Waals surface area contributed by atoms with E-state index in [9.17, 15) is 4.79 Å². The van der Waals surface area contributed by atoms with Gasteiger partial charge in [0, 0.05) is 5.56 Å². The third-order valence-electron chi connectivity index (χ3n) is 2.54. The maximum absolute atomic E-state index is 10.9. The molecule has 2 rings (SSSR count). The van der Waals surface area contributed by atoms with Gasteiger partial charge in [0.2, 0.25) is 0 Å². The topological polar surface area (TPSA) is 39.4 Å². The number of aldehydes is 1. The van der Waals surface area contributed by atoms with E-state index in [1.165, 1.54) is 0 Å². The van der Waals surface area contributed by atoms with Crippen LogP contribution >= 0.6 is 22.6 Å². The van der Waals surface area contributed by atoms with E-state index in [2.05, 4.69) is 22.6 Å². The van der Waals surface area contributed by atoms with Crippen LogP contribution in [0.25, 0.3) is 11.3 Å². The van der Waals surface area contributed by atoms with Gasteiger partial charge in [0.05, 0.1) is 16.2 Å². The molecule has 3 nitrogen and oxygen atoms in total. The second kappa shape index (κ2) is 4.91. The number of halogens is 1. The van der Waals surface area contributed by atoms with Gasteiger partial charge in [-0.25, -0.2) is 0 Å². The quantitative estimate of drug-likeness (QED) is 0.631. The maximum Gasteiger partial charge on any atom is 0.154 e. The number of ether oxygens (including phenoxy) is 1. The monoisotopic (exact) mass is 342 g/mol. The zero-order chi connectivity index (χ0) is 12.4. The summed E-state index contributed by atoms with van der Waals surface area (Å²) in [6.45, 7) is 1.79. The minimum Gasteiger partial charge on any atom is -0.497 e. The molecule has 0 aliphatic carbocycles. The number of benzene rings is 1. The van der Waals surface area contributed by atoms with Gasteiger partial charge >= 0.3 is 0 Å². The standard InChI is InChI=1S/C13H11IO3/c1-8-11(7-15)12(14)13(17-8)9-3-5-10(16-2)6-4-9/h3-7H,1-2H3. The Morgan fingerprint density at radius 1 is 1.29 bits per heavy atom. The SMILES string of the molecule is COc1ccc(-c2oc(C)c(C=O)c2I)cc1. The Kier molecular flexibility index (Phi) is 3.51. The number of methoxy groups -OCH3 is 1. The Morgan fingerprint density at radius 2 is 1.94 bits per heavy atom. The van der Waals surface area contributed by atoms with Crippen molar-refractivity contribution < 1.29 is 13.9 Å². The van der Waals surface area contributed by atoms with Gasteiger partial charge in [0.15, 0.2) is 6.29 Å². The van der Waals surface area contributed by atoms with Crippen LogP contribution in [0.3, 0.4) is 0 Å². The van der Waals surface area contributed by atoms with Crippen LogP contribution in [0, 0.1) is 10.5 Å². The van der Waals surface area contributed by atoms with Crippen LogP contribution in [0.4, 0.5) is 0 Å². The minimum atomic E-state index is 0.622. The first-order valence-electron chi connectivity index (χ1n) is 5.06. The molecule has 2 aromatic rings. The van der Waals surface area contributed by atoms with Crippen LogP contribution in [0.15, 0.2) is 28.7 Å². The molecule has 0 aliphatic rings. The number of furan rings is 1. The van der Waals surface area contributed by atoms with Crippen LogP contribution in [0.1, 0.15) is 16.1 Å². The molecule has 0 saturated carbocycles. The van der Waals surface area contributed by atoms with E-state index in [0.717, 1.165) is 26.9 Å². The number of aryl methyl sites for hydroxylation is 1. The first kappa shape index (κ1) is 12.2. The van der Waals surface area contributed by atoms with Gasteiger partial charge in [-0.15, -0.1) is 0 Å². The molecule has 17 heavy (non-hydrogen) atoms. The Hall–Kier alpha value is -1.30. The number of rotatable bonds is 3. The van der Waals surface area contributed by atoms with Crippen molar-refractivity contribution in [2.45, 2.75) is 6.92 Å². The second-order valence-electron chi connectivity index (χ2n) is 3.56. The van der Waals surface area contributed by atoms with Crippen molar-refractivity contribution in [1.82, 2.24) is 0 Å². The summed E-state index contributed by atoms with van der Waals surface area (Å²) in [7, 11) is 1.63. The minimum absolute atomic E-state index is 0.622. The normalized spacial score (nSPS) is 10.3. The van der Waals surface area contributed by atoms with E-state index in [1.54, 1.807) is 14.0 Å². The van der Waals surface area contributed by atoms with Crippen LogP contribution < -0.4 is 4.74 Å². The summed E-state index contributed by atoms with van der Waals surface area (Å²) in [5, 5.41) is 0. The Bertz CT molecular complexity index is 541. The van der Waals surface area contributed by atoms with Gasteiger partial charge in [0.1, 0.15) is 17.3 Å². The predicted molar refractivity (Wildman–Crippen MR) is 73.5 cm³/mol. The van der Waals surface area contributed by atoms with Crippen molar-refractivity contribution in [3.8, 4) is 17.1 Å². The largest absolute Gasteiger partial charge is 0.497 e. The van der Waals surface area contributed by atoms with E-state index < -0.39 is 0 Å². The molecule has 1 heterocycles. The molecule has 0 N–H and O–H groups in total. The molecule has 0 saturated heterocycles. The molecule has 0 unspecified atom stereocenters. The third kappa shape index (κ3) is 2.22. The van der Waals surface area contributed by atoms with E-state index in [-0.39, 0.29) is 0 Å².